The van der Waals surface area contributed by atoms with E-state index in [9.17, 15) is 53.9 Å². The Morgan fingerprint density at radius 2 is 1.53 bits per heavy atom. The fourth-order valence-electron chi connectivity index (χ4n) is 6.53. The highest BCUT2D eigenvalue weighted by Gasteiger charge is 2.51. The summed E-state index contributed by atoms with van der Waals surface area (Å²) in [5, 5.41) is 51.7. The predicted octanol–water partition coefficient (Wildman–Crippen LogP) is 3.14. The van der Waals surface area contributed by atoms with Crippen LogP contribution in [-0.2, 0) is 23.6 Å². The van der Waals surface area contributed by atoms with Crippen molar-refractivity contribution in [3.63, 3.8) is 0 Å². The van der Waals surface area contributed by atoms with Gasteiger partial charge in [0.2, 0.25) is 5.91 Å². The molecule has 0 aliphatic carbocycles. The van der Waals surface area contributed by atoms with Crippen molar-refractivity contribution < 1.29 is 63.3 Å². The minimum Gasteiger partial charge on any atom is -0.508 e. The zero-order valence-electron chi connectivity index (χ0n) is 26.7. The zero-order valence-corrected chi connectivity index (χ0v) is 27.6. The molecule has 2 heterocycles. The number of aromatic hydroxyl groups is 1. The molecule has 4 aromatic rings. The monoisotopic (exact) mass is 723 g/mol. The van der Waals surface area contributed by atoms with Crippen LogP contribution in [0.4, 0.5) is 10.1 Å². The summed E-state index contributed by atoms with van der Waals surface area (Å²) in [4.78, 5) is 45.9. The number of carboxylic acid groups (broad SMARTS) is 1. The van der Waals surface area contributed by atoms with Crippen molar-refractivity contribution in [1.82, 2.24) is 0 Å². The molecule has 0 radical (unpaired) electrons. The summed E-state index contributed by atoms with van der Waals surface area (Å²) < 4.78 is 36.8. The third-order valence-corrected chi connectivity index (χ3v) is 10.2. The molecular formula is C36H35FNO12P. The summed E-state index contributed by atoms with van der Waals surface area (Å²) in [6, 6.07) is 23.9. The summed E-state index contributed by atoms with van der Waals surface area (Å²) >= 11 is 0. The number of anilines is 1. The minimum atomic E-state index is -4.44. The van der Waals surface area contributed by atoms with E-state index in [1.165, 1.54) is 54.6 Å². The smallest absolute Gasteiger partial charge is 0.356 e. The van der Waals surface area contributed by atoms with Gasteiger partial charge in [0, 0.05) is 11.3 Å². The molecule has 0 saturated carbocycles. The van der Waals surface area contributed by atoms with Crippen LogP contribution in [0.5, 0.6) is 5.75 Å². The lowest BCUT2D eigenvalue weighted by atomic mass is 9.77. The van der Waals surface area contributed by atoms with Gasteiger partial charge in [0.15, 0.2) is 12.4 Å². The number of nitrogens with zero attached hydrogens (tertiary/aromatic N) is 1. The van der Waals surface area contributed by atoms with Crippen molar-refractivity contribution in [3.8, 4) is 16.9 Å². The van der Waals surface area contributed by atoms with Gasteiger partial charge in [-0.3, -0.25) is 9.36 Å². The quantitative estimate of drug-likeness (QED) is 0.0879. The van der Waals surface area contributed by atoms with E-state index < -0.39 is 68.2 Å². The number of hydrogen-bond acceptors (Lipinski definition) is 9. The number of aliphatic carboxylic acids is 1. The van der Waals surface area contributed by atoms with Crippen LogP contribution in [0.2, 0.25) is 0 Å². The van der Waals surface area contributed by atoms with Crippen molar-refractivity contribution in [2.45, 2.75) is 55.7 Å². The number of aliphatic hydroxyl groups is 3. The third-order valence-electron chi connectivity index (χ3n) is 9.23. The predicted molar refractivity (Wildman–Crippen MR) is 179 cm³/mol. The van der Waals surface area contributed by atoms with Gasteiger partial charge in [-0.2, -0.15) is 0 Å². The van der Waals surface area contributed by atoms with E-state index >= 15 is 0 Å². The van der Waals surface area contributed by atoms with Gasteiger partial charge in [0.25, 0.3) is 0 Å². The van der Waals surface area contributed by atoms with Crippen molar-refractivity contribution in [3.05, 3.63) is 114 Å². The number of para-hydroxylation sites is 1. The van der Waals surface area contributed by atoms with Crippen LogP contribution in [0.3, 0.4) is 0 Å². The molecule has 2 aliphatic rings. The minimum absolute atomic E-state index is 0.0644. The SMILES string of the molecule is O=C(O)C1O[C@@H](O[C@@H](CC[C@H]2C(=O)N(c3ccccc3)[C@@H]2c2ccc(-c3ccc(P(=O)(O)O)cc3)cc2O)c2ccc(F)cc2)C(O)[C@@H](O)[C@H]1O. The second-order valence-corrected chi connectivity index (χ2v) is 14.1. The van der Waals surface area contributed by atoms with Crippen molar-refractivity contribution in [2.24, 2.45) is 5.92 Å². The first-order chi connectivity index (χ1) is 24.2. The number of hydrogen-bond donors (Lipinski definition) is 7. The number of phenolic OH excluding ortho intramolecular Hbond substituents is 1. The number of halogens is 1. The molecule has 7 N–H and O–H groups in total. The highest BCUT2D eigenvalue weighted by molar-refractivity contribution is 7.60. The first kappa shape index (κ1) is 36.3. The number of rotatable bonds is 11. The van der Waals surface area contributed by atoms with Crippen molar-refractivity contribution in [2.75, 3.05) is 4.90 Å². The Labute approximate surface area is 290 Å². The van der Waals surface area contributed by atoms with E-state index in [0.29, 0.717) is 27.9 Å². The number of phenols is 1. The van der Waals surface area contributed by atoms with Gasteiger partial charge in [0.05, 0.1) is 23.4 Å². The van der Waals surface area contributed by atoms with Crippen LogP contribution >= 0.6 is 7.60 Å². The summed E-state index contributed by atoms with van der Waals surface area (Å²) in [5.74, 6) is -3.24. The second kappa shape index (κ2) is 14.6. The standard InChI is InChI=1S/C36H35FNO12P/c37-22-11-6-20(7-12-22)28(49-36-32(42)30(40)31(41)33(50-36)35(44)45)17-16-26-29(38(34(26)43)23-4-2-1-3-5-23)25-15-10-21(18-27(25)39)19-8-13-24(14-9-19)51(46,47)48/h1-15,18,26,28-33,36,39-42H,16-17H2,(H,44,45)(H2,46,47,48)/t26-,28+,29-,30+,31-,32?,33?,36-/m1/s1. The van der Waals surface area contributed by atoms with E-state index in [4.69, 9.17) is 9.47 Å². The lowest BCUT2D eigenvalue weighted by molar-refractivity contribution is -0.306. The number of carbonyl (C=O) groups excluding carboxylic acids is 1. The molecule has 8 atom stereocenters. The van der Waals surface area contributed by atoms with Crippen LogP contribution in [0.1, 0.15) is 36.1 Å². The molecule has 0 spiro atoms. The van der Waals surface area contributed by atoms with Gasteiger partial charge < -0.3 is 49.7 Å². The van der Waals surface area contributed by atoms with Crippen LogP contribution in [0.25, 0.3) is 11.1 Å². The molecule has 6 rings (SSSR count). The molecule has 1 amide bonds. The number of amides is 1. The topological polar surface area (TPSA) is 215 Å². The molecule has 2 aliphatic heterocycles. The van der Waals surface area contributed by atoms with Gasteiger partial charge in [-0.25, -0.2) is 9.18 Å². The van der Waals surface area contributed by atoms with Gasteiger partial charge in [-0.05, 0) is 72.0 Å². The van der Waals surface area contributed by atoms with E-state index in [1.54, 1.807) is 47.4 Å². The zero-order chi connectivity index (χ0) is 36.6. The summed E-state index contributed by atoms with van der Waals surface area (Å²) in [5.41, 5.74) is 2.55. The lowest BCUT2D eigenvalue weighted by Gasteiger charge is -2.48. The van der Waals surface area contributed by atoms with Gasteiger partial charge in [-0.1, -0.05) is 54.6 Å². The molecule has 0 bridgehead atoms. The lowest BCUT2D eigenvalue weighted by Crippen LogP contribution is -2.60. The van der Waals surface area contributed by atoms with Crippen LogP contribution in [-0.4, -0.2) is 77.9 Å². The summed E-state index contributed by atoms with van der Waals surface area (Å²) in [6.45, 7) is 0. The molecule has 2 unspecified atom stereocenters. The van der Waals surface area contributed by atoms with Gasteiger partial charge >= 0.3 is 13.6 Å². The fraction of sp³-hybridized carbons (Fsp3) is 0.278. The molecule has 4 aromatic carbocycles. The highest BCUT2D eigenvalue weighted by atomic mass is 31.2. The Balaban J connectivity index is 1.29. The number of carboxylic acids is 1. The number of carbonyl (C=O) groups is 2. The van der Waals surface area contributed by atoms with Gasteiger partial charge in [-0.15, -0.1) is 0 Å². The number of ether oxygens (including phenoxy) is 2. The molecule has 15 heteroatoms. The van der Waals surface area contributed by atoms with Crippen LogP contribution in [0, 0.1) is 11.7 Å². The first-order valence-corrected chi connectivity index (χ1v) is 17.6. The Kier molecular flexibility index (Phi) is 10.4. The van der Waals surface area contributed by atoms with E-state index in [2.05, 4.69) is 0 Å². The summed E-state index contributed by atoms with van der Waals surface area (Å²) in [7, 11) is -4.44. The third kappa shape index (κ3) is 7.45. The fourth-order valence-corrected chi connectivity index (χ4v) is 7.07. The Hall–Kier alpha value is -4.50. The molecule has 2 fully saturated rings. The highest BCUT2D eigenvalue weighted by Crippen LogP contribution is 2.49. The molecule has 268 valence electrons. The largest absolute Gasteiger partial charge is 0.508 e. The molecule has 13 nitrogen and oxygen atoms in total. The number of β-lactam (4-membered cyclic amide) rings is 1. The number of benzene rings is 4. The normalized spacial score (nSPS) is 25.6. The molecule has 0 aromatic heterocycles. The van der Waals surface area contributed by atoms with Crippen molar-refractivity contribution >= 4 is 30.5 Å². The number of aliphatic hydroxyl groups excluding tert-OH is 3. The maximum atomic E-state index is 13.9. The Morgan fingerprint density at radius 1 is 0.882 bits per heavy atom. The van der Waals surface area contributed by atoms with E-state index in [-0.39, 0.29) is 29.8 Å². The molecule has 2 saturated heterocycles. The van der Waals surface area contributed by atoms with E-state index in [0.717, 1.165) is 0 Å². The molecular weight excluding hydrogens is 688 g/mol. The Morgan fingerprint density at radius 3 is 2.14 bits per heavy atom. The van der Waals surface area contributed by atoms with E-state index in [1.807, 2.05) is 0 Å². The van der Waals surface area contributed by atoms with Gasteiger partial charge in [0.1, 0.15) is 29.9 Å². The maximum Gasteiger partial charge on any atom is 0.356 e. The van der Waals surface area contributed by atoms with Crippen LogP contribution in [0.15, 0.2) is 97.1 Å². The van der Waals surface area contributed by atoms with Crippen molar-refractivity contribution in [1.29, 1.82) is 0 Å². The Bertz CT molecular complexity index is 1920. The molecule has 51 heavy (non-hydrogen) atoms. The first-order valence-electron chi connectivity index (χ1n) is 16.0. The average molecular weight is 724 g/mol. The van der Waals surface area contributed by atoms with Crippen LogP contribution < -0.4 is 10.2 Å². The maximum absolute atomic E-state index is 13.9. The summed E-state index contributed by atoms with van der Waals surface area (Å²) in [6.07, 6.45) is -10.1. The average Bonchev–Trinajstić information content (AvgIpc) is 3.10. The second-order valence-electron chi connectivity index (χ2n) is 12.4.